The smallest absolute Gasteiger partial charge is 0.276 e. The monoisotopic (exact) mass is 423 g/mol. The van der Waals surface area contributed by atoms with Gasteiger partial charge in [0.1, 0.15) is 11.4 Å². The van der Waals surface area contributed by atoms with Crippen molar-refractivity contribution in [3.05, 3.63) is 57.8 Å². The molecule has 0 aliphatic carbocycles. The Morgan fingerprint density at radius 1 is 1.32 bits per heavy atom. The number of nitrogens with zero attached hydrogens (tertiary/aromatic N) is 4. The van der Waals surface area contributed by atoms with E-state index in [0.29, 0.717) is 12.4 Å². The van der Waals surface area contributed by atoms with Crippen LogP contribution >= 0.6 is 0 Å². The molecular formula is C21H21N5O5. The molecule has 2 aliphatic rings. The van der Waals surface area contributed by atoms with Gasteiger partial charge < -0.3 is 29.2 Å². The Morgan fingerprint density at radius 2 is 2.10 bits per heavy atom. The molecule has 2 aliphatic heterocycles. The van der Waals surface area contributed by atoms with Crippen molar-refractivity contribution in [1.82, 2.24) is 24.3 Å². The molecule has 1 fully saturated rings. The van der Waals surface area contributed by atoms with Crippen molar-refractivity contribution < 1.29 is 19.4 Å². The van der Waals surface area contributed by atoms with E-state index in [0.717, 1.165) is 11.0 Å². The lowest BCUT2D eigenvalue weighted by atomic mass is 10.1. The fourth-order valence-electron chi connectivity index (χ4n) is 4.25. The average Bonchev–Trinajstić information content (AvgIpc) is 3.29. The van der Waals surface area contributed by atoms with E-state index in [1.165, 1.54) is 15.7 Å². The van der Waals surface area contributed by atoms with E-state index >= 15 is 0 Å². The van der Waals surface area contributed by atoms with Crippen LogP contribution in [0.2, 0.25) is 0 Å². The molecule has 3 aromatic rings. The van der Waals surface area contributed by atoms with Gasteiger partial charge in [0, 0.05) is 13.2 Å². The van der Waals surface area contributed by atoms with Gasteiger partial charge in [-0.25, -0.2) is 4.98 Å². The topological polar surface area (TPSA) is 119 Å². The molecule has 5 rings (SSSR count). The number of rotatable bonds is 3. The Kier molecular flexibility index (Phi) is 4.33. The molecule has 2 atom stereocenters. The number of carbonyl (C=O) groups is 2. The number of ether oxygens (including phenoxy) is 1. The minimum absolute atomic E-state index is 0.0991. The maximum Gasteiger partial charge on any atom is 0.276 e. The molecule has 2 aromatic heterocycles. The molecule has 10 nitrogen and oxygen atoms in total. The largest absolute Gasteiger partial charge is 0.503 e. The first-order valence-corrected chi connectivity index (χ1v) is 9.96. The molecule has 1 aromatic carbocycles. The van der Waals surface area contributed by atoms with Gasteiger partial charge in [0.25, 0.3) is 11.8 Å². The van der Waals surface area contributed by atoms with Gasteiger partial charge in [-0.3, -0.25) is 14.4 Å². The second kappa shape index (κ2) is 6.95. The average molecular weight is 423 g/mol. The van der Waals surface area contributed by atoms with Crippen molar-refractivity contribution in [1.29, 1.82) is 0 Å². The summed E-state index contributed by atoms with van der Waals surface area (Å²) >= 11 is 0. The van der Waals surface area contributed by atoms with Crippen LogP contribution in [-0.4, -0.2) is 54.8 Å². The molecule has 0 radical (unpaired) electrons. The van der Waals surface area contributed by atoms with Crippen LogP contribution in [0.3, 0.4) is 0 Å². The highest BCUT2D eigenvalue weighted by Gasteiger charge is 2.42. The van der Waals surface area contributed by atoms with E-state index in [-0.39, 0.29) is 30.4 Å². The number of nitrogens with one attached hydrogen (secondary N) is 1. The molecule has 0 bridgehead atoms. The third kappa shape index (κ3) is 2.90. The first-order chi connectivity index (χ1) is 14.9. The van der Waals surface area contributed by atoms with E-state index in [1.807, 2.05) is 42.8 Å². The molecular weight excluding hydrogens is 402 g/mol. The summed E-state index contributed by atoms with van der Waals surface area (Å²) in [5.74, 6) is -1.24. The second-order valence-electron chi connectivity index (χ2n) is 7.83. The SMILES string of the molecule is C[C@H]1CO[C@@H]2Cn3cc(C(=O)NCc4nc5ccccc5n4C)c(=O)c(O)c3C(=O)N12. The summed E-state index contributed by atoms with van der Waals surface area (Å²) < 4.78 is 8.91. The molecule has 0 spiro atoms. The Morgan fingerprint density at radius 3 is 2.87 bits per heavy atom. The minimum atomic E-state index is -0.881. The lowest BCUT2D eigenvalue weighted by molar-refractivity contribution is 0.00624. The first-order valence-electron chi connectivity index (χ1n) is 9.96. The fourth-order valence-corrected chi connectivity index (χ4v) is 4.25. The van der Waals surface area contributed by atoms with Gasteiger partial charge in [-0.2, -0.15) is 0 Å². The van der Waals surface area contributed by atoms with Crippen molar-refractivity contribution in [3.63, 3.8) is 0 Å². The Balaban J connectivity index is 1.44. The minimum Gasteiger partial charge on any atom is -0.503 e. The highest BCUT2D eigenvalue weighted by Crippen LogP contribution is 2.29. The lowest BCUT2D eigenvalue weighted by Gasteiger charge is -2.33. The first kappa shape index (κ1) is 19.3. The summed E-state index contributed by atoms with van der Waals surface area (Å²) in [6, 6.07) is 7.43. The molecule has 10 heteroatoms. The number of fused-ring (bicyclic) bond motifs is 3. The highest BCUT2D eigenvalue weighted by molar-refractivity contribution is 5.99. The van der Waals surface area contributed by atoms with Crippen LogP contribution in [0.1, 0.15) is 33.6 Å². The zero-order chi connectivity index (χ0) is 21.9. The number of aromatic hydroxyl groups is 1. The number of pyridine rings is 1. The van der Waals surface area contributed by atoms with E-state index in [9.17, 15) is 19.5 Å². The fraction of sp³-hybridized carbons (Fsp3) is 0.333. The molecule has 1 saturated heterocycles. The summed E-state index contributed by atoms with van der Waals surface area (Å²) in [4.78, 5) is 44.3. The van der Waals surface area contributed by atoms with Gasteiger partial charge in [0.05, 0.1) is 36.8 Å². The zero-order valence-corrected chi connectivity index (χ0v) is 17.0. The van der Waals surface area contributed by atoms with Crippen LogP contribution in [0.15, 0.2) is 35.3 Å². The number of benzene rings is 1. The highest BCUT2D eigenvalue weighted by atomic mass is 16.5. The van der Waals surface area contributed by atoms with Crippen molar-refractivity contribution in [3.8, 4) is 5.75 Å². The van der Waals surface area contributed by atoms with Crippen molar-refractivity contribution in [2.24, 2.45) is 7.05 Å². The van der Waals surface area contributed by atoms with Crippen molar-refractivity contribution in [2.75, 3.05) is 6.61 Å². The van der Waals surface area contributed by atoms with Crippen LogP contribution < -0.4 is 10.7 Å². The van der Waals surface area contributed by atoms with E-state index in [1.54, 1.807) is 0 Å². The van der Waals surface area contributed by atoms with Gasteiger partial charge in [-0.1, -0.05) is 12.1 Å². The number of amides is 2. The number of aryl methyl sites for hydroxylation is 1. The van der Waals surface area contributed by atoms with Gasteiger partial charge in [0.2, 0.25) is 5.43 Å². The third-order valence-corrected chi connectivity index (χ3v) is 5.89. The van der Waals surface area contributed by atoms with Gasteiger partial charge in [-0.05, 0) is 19.1 Å². The number of hydrogen-bond acceptors (Lipinski definition) is 6. The van der Waals surface area contributed by atoms with Crippen LogP contribution in [0.5, 0.6) is 5.75 Å². The predicted molar refractivity (Wildman–Crippen MR) is 110 cm³/mol. The molecule has 4 heterocycles. The van der Waals surface area contributed by atoms with Crippen molar-refractivity contribution in [2.45, 2.75) is 32.3 Å². The summed E-state index contributed by atoms with van der Waals surface area (Å²) in [6.07, 6.45) is 0.816. The number of para-hydroxylation sites is 2. The number of carbonyl (C=O) groups excluding carboxylic acids is 2. The Hall–Kier alpha value is -3.66. The van der Waals surface area contributed by atoms with E-state index in [2.05, 4.69) is 10.3 Å². The van der Waals surface area contributed by atoms with E-state index < -0.39 is 29.2 Å². The number of hydrogen-bond donors (Lipinski definition) is 2. The molecule has 2 N–H and O–H groups in total. The van der Waals surface area contributed by atoms with Gasteiger partial charge >= 0.3 is 0 Å². The van der Waals surface area contributed by atoms with Crippen LogP contribution in [0.25, 0.3) is 11.0 Å². The quantitative estimate of drug-likeness (QED) is 0.636. The second-order valence-corrected chi connectivity index (χ2v) is 7.83. The lowest BCUT2D eigenvalue weighted by Crippen LogP contribution is -2.49. The molecule has 2 amide bonds. The zero-order valence-electron chi connectivity index (χ0n) is 17.0. The predicted octanol–water partition coefficient (Wildman–Crippen LogP) is 0.571. The summed E-state index contributed by atoms with van der Waals surface area (Å²) in [6.45, 7) is 2.54. The summed E-state index contributed by atoms with van der Waals surface area (Å²) in [5.41, 5.74) is 0.479. The Bertz CT molecular complexity index is 1290. The van der Waals surface area contributed by atoms with Crippen LogP contribution in [-0.2, 0) is 24.9 Å². The van der Waals surface area contributed by atoms with Crippen LogP contribution in [0.4, 0.5) is 0 Å². The van der Waals surface area contributed by atoms with Gasteiger partial charge in [0.15, 0.2) is 17.7 Å². The Labute approximate surface area is 176 Å². The number of aromatic nitrogens is 3. The third-order valence-electron chi connectivity index (χ3n) is 5.89. The number of imidazole rings is 1. The molecule has 0 saturated carbocycles. The van der Waals surface area contributed by atoms with Crippen LogP contribution in [0, 0.1) is 0 Å². The standard InChI is InChI=1S/C21H21N5O5/c1-11-10-31-16-9-25-8-12(18(27)19(28)17(25)21(30)26(11)16)20(29)22-7-15-23-13-5-3-4-6-14(13)24(15)2/h3-6,8,11,16,28H,7,9-10H2,1-2H3,(H,22,29)/t11-,16+/m0/s1. The molecule has 31 heavy (non-hydrogen) atoms. The maximum atomic E-state index is 12.8. The normalized spacial score (nSPS) is 20.1. The van der Waals surface area contributed by atoms with Gasteiger partial charge in [-0.15, -0.1) is 0 Å². The maximum absolute atomic E-state index is 12.8. The van der Waals surface area contributed by atoms with Crippen molar-refractivity contribution >= 4 is 22.8 Å². The molecule has 0 unspecified atom stereocenters. The van der Waals surface area contributed by atoms with E-state index in [4.69, 9.17) is 4.74 Å². The molecule has 160 valence electrons. The summed E-state index contributed by atoms with van der Waals surface area (Å²) in [7, 11) is 1.84. The summed E-state index contributed by atoms with van der Waals surface area (Å²) in [5, 5.41) is 13.1.